The van der Waals surface area contributed by atoms with Crippen LogP contribution in [-0.2, 0) is 0 Å². The molecule has 0 saturated heterocycles. The number of benzene rings is 1. The van der Waals surface area contributed by atoms with Crippen molar-refractivity contribution in [2.45, 2.75) is 13.3 Å². The zero-order chi connectivity index (χ0) is 13.0. The number of non-ortho nitro benzene ring substituents is 1. The van der Waals surface area contributed by atoms with Crippen LogP contribution in [0.25, 0.3) is 0 Å². The summed E-state index contributed by atoms with van der Waals surface area (Å²) in [5.74, 6) is -0.230. The first-order chi connectivity index (χ1) is 7.97. The van der Waals surface area contributed by atoms with Crippen molar-refractivity contribution in [1.82, 2.24) is 4.90 Å². The molecule has 0 atom stereocenters. The summed E-state index contributed by atoms with van der Waals surface area (Å²) >= 11 is 5.86. The van der Waals surface area contributed by atoms with E-state index in [1.54, 1.807) is 7.05 Å². The summed E-state index contributed by atoms with van der Waals surface area (Å²) in [6.45, 7) is 2.58. The maximum Gasteiger partial charge on any atom is 0.270 e. The lowest BCUT2D eigenvalue weighted by molar-refractivity contribution is -0.384. The van der Waals surface area contributed by atoms with Crippen LogP contribution >= 0.6 is 11.6 Å². The molecule has 0 heterocycles. The van der Waals surface area contributed by atoms with E-state index in [4.69, 9.17) is 11.6 Å². The first-order valence-corrected chi connectivity index (χ1v) is 5.54. The summed E-state index contributed by atoms with van der Waals surface area (Å²) in [4.78, 5) is 23.4. The molecule has 1 aromatic rings. The zero-order valence-corrected chi connectivity index (χ0v) is 10.4. The molecular formula is C11H13ClN2O3. The van der Waals surface area contributed by atoms with Crippen molar-refractivity contribution >= 4 is 23.2 Å². The number of carbonyl (C=O) groups excluding carboxylic acids is 1. The highest BCUT2D eigenvalue weighted by Gasteiger charge is 2.17. The normalized spacial score (nSPS) is 10.1. The Hall–Kier alpha value is -1.62. The van der Waals surface area contributed by atoms with Gasteiger partial charge in [0.05, 0.1) is 15.5 Å². The number of hydrogen-bond donors (Lipinski definition) is 0. The number of nitrogens with zero attached hydrogens (tertiary/aromatic N) is 2. The first kappa shape index (κ1) is 13.4. The van der Waals surface area contributed by atoms with Crippen LogP contribution in [0.2, 0.25) is 5.02 Å². The minimum atomic E-state index is -0.546. The quantitative estimate of drug-likeness (QED) is 0.615. The lowest BCUT2D eigenvalue weighted by Crippen LogP contribution is -2.27. The fourth-order valence-corrected chi connectivity index (χ4v) is 1.69. The van der Waals surface area contributed by atoms with E-state index in [0.717, 1.165) is 6.42 Å². The lowest BCUT2D eigenvalue weighted by atomic mass is 10.2. The predicted molar refractivity (Wildman–Crippen MR) is 65.4 cm³/mol. The number of carbonyl (C=O) groups is 1. The zero-order valence-electron chi connectivity index (χ0n) is 9.64. The molecule has 0 aliphatic heterocycles. The van der Waals surface area contributed by atoms with Gasteiger partial charge in [0.2, 0.25) is 0 Å². The molecule has 5 nitrogen and oxygen atoms in total. The topological polar surface area (TPSA) is 63.5 Å². The Morgan fingerprint density at radius 3 is 2.65 bits per heavy atom. The van der Waals surface area contributed by atoms with Crippen molar-refractivity contribution in [3.8, 4) is 0 Å². The van der Waals surface area contributed by atoms with E-state index in [1.807, 2.05) is 6.92 Å². The summed E-state index contributed by atoms with van der Waals surface area (Å²) < 4.78 is 0. The molecule has 0 saturated carbocycles. The standard InChI is InChI=1S/C11H13ClN2O3/c1-3-6-13(2)11(15)9-5-4-8(14(16)17)7-10(9)12/h4-5,7H,3,6H2,1-2H3. The van der Waals surface area contributed by atoms with Gasteiger partial charge in [-0.3, -0.25) is 14.9 Å². The van der Waals surface area contributed by atoms with Crippen LogP contribution in [0.4, 0.5) is 5.69 Å². The summed E-state index contributed by atoms with van der Waals surface area (Å²) in [6.07, 6.45) is 0.840. The van der Waals surface area contributed by atoms with Gasteiger partial charge in [-0.05, 0) is 12.5 Å². The van der Waals surface area contributed by atoms with Crippen molar-refractivity contribution < 1.29 is 9.72 Å². The second-order valence-electron chi connectivity index (χ2n) is 3.65. The third-order valence-electron chi connectivity index (χ3n) is 2.30. The van der Waals surface area contributed by atoms with Crippen LogP contribution in [0.3, 0.4) is 0 Å². The van der Waals surface area contributed by atoms with E-state index in [9.17, 15) is 14.9 Å². The molecule has 0 radical (unpaired) electrons. The summed E-state index contributed by atoms with van der Waals surface area (Å²) in [5.41, 5.74) is 0.165. The van der Waals surface area contributed by atoms with E-state index in [2.05, 4.69) is 0 Å². The largest absolute Gasteiger partial charge is 0.342 e. The Bertz CT molecular complexity index is 448. The van der Waals surface area contributed by atoms with Gasteiger partial charge in [0.1, 0.15) is 0 Å². The molecule has 1 aromatic carbocycles. The predicted octanol–water partition coefficient (Wildman–Crippen LogP) is 2.73. The maximum atomic E-state index is 11.9. The molecule has 0 unspecified atom stereocenters. The Morgan fingerprint density at radius 1 is 1.53 bits per heavy atom. The Kier molecular flexibility index (Phi) is 4.45. The second kappa shape index (κ2) is 5.63. The van der Waals surface area contributed by atoms with Crippen molar-refractivity contribution in [2.24, 2.45) is 0 Å². The highest BCUT2D eigenvalue weighted by molar-refractivity contribution is 6.34. The molecule has 0 fully saturated rings. The van der Waals surface area contributed by atoms with E-state index in [1.165, 1.54) is 23.1 Å². The van der Waals surface area contributed by atoms with E-state index < -0.39 is 4.92 Å². The molecular weight excluding hydrogens is 244 g/mol. The number of halogens is 1. The van der Waals surface area contributed by atoms with Crippen LogP contribution in [-0.4, -0.2) is 29.3 Å². The molecule has 0 aliphatic rings. The number of rotatable bonds is 4. The molecule has 0 aromatic heterocycles. The van der Waals surface area contributed by atoms with Crippen molar-refractivity contribution in [3.63, 3.8) is 0 Å². The fourth-order valence-electron chi connectivity index (χ4n) is 1.43. The SMILES string of the molecule is CCCN(C)C(=O)c1ccc([N+](=O)[O-])cc1Cl. The van der Waals surface area contributed by atoms with Gasteiger partial charge in [0, 0.05) is 25.7 Å². The van der Waals surface area contributed by atoms with E-state index in [-0.39, 0.29) is 22.2 Å². The van der Waals surface area contributed by atoms with Crippen molar-refractivity contribution in [3.05, 3.63) is 38.9 Å². The summed E-state index contributed by atoms with van der Waals surface area (Å²) in [5, 5.41) is 10.6. The van der Waals surface area contributed by atoms with Gasteiger partial charge >= 0.3 is 0 Å². The van der Waals surface area contributed by atoms with Crippen LogP contribution in [0.1, 0.15) is 23.7 Å². The van der Waals surface area contributed by atoms with Crippen LogP contribution in [0.15, 0.2) is 18.2 Å². The second-order valence-corrected chi connectivity index (χ2v) is 4.06. The van der Waals surface area contributed by atoms with Crippen LogP contribution in [0.5, 0.6) is 0 Å². The third-order valence-corrected chi connectivity index (χ3v) is 2.61. The summed E-state index contributed by atoms with van der Waals surface area (Å²) in [7, 11) is 1.67. The number of hydrogen-bond acceptors (Lipinski definition) is 3. The van der Waals surface area contributed by atoms with Gasteiger partial charge in [-0.15, -0.1) is 0 Å². The Morgan fingerprint density at radius 2 is 2.18 bits per heavy atom. The molecule has 0 N–H and O–H groups in total. The lowest BCUT2D eigenvalue weighted by Gasteiger charge is -2.16. The average Bonchev–Trinajstić information content (AvgIpc) is 2.28. The van der Waals surface area contributed by atoms with Crippen LogP contribution < -0.4 is 0 Å². The highest BCUT2D eigenvalue weighted by atomic mass is 35.5. The molecule has 0 spiro atoms. The van der Waals surface area contributed by atoms with Crippen molar-refractivity contribution in [2.75, 3.05) is 13.6 Å². The molecule has 17 heavy (non-hydrogen) atoms. The van der Waals surface area contributed by atoms with Gasteiger partial charge in [-0.2, -0.15) is 0 Å². The first-order valence-electron chi connectivity index (χ1n) is 5.16. The number of nitro benzene ring substituents is 1. The fraction of sp³-hybridized carbons (Fsp3) is 0.364. The van der Waals surface area contributed by atoms with Gasteiger partial charge in [0.15, 0.2) is 0 Å². The van der Waals surface area contributed by atoms with E-state index >= 15 is 0 Å². The molecule has 1 rings (SSSR count). The van der Waals surface area contributed by atoms with Gasteiger partial charge in [-0.1, -0.05) is 18.5 Å². The van der Waals surface area contributed by atoms with Crippen molar-refractivity contribution in [1.29, 1.82) is 0 Å². The number of amides is 1. The van der Waals surface area contributed by atoms with Gasteiger partial charge in [-0.25, -0.2) is 0 Å². The molecule has 6 heteroatoms. The third kappa shape index (κ3) is 3.17. The van der Waals surface area contributed by atoms with E-state index in [0.29, 0.717) is 6.54 Å². The number of nitro groups is 1. The maximum absolute atomic E-state index is 11.9. The Labute approximate surface area is 104 Å². The van der Waals surface area contributed by atoms with Crippen LogP contribution in [0, 0.1) is 10.1 Å². The minimum Gasteiger partial charge on any atom is -0.342 e. The van der Waals surface area contributed by atoms with Gasteiger partial charge in [0.25, 0.3) is 11.6 Å². The average molecular weight is 257 g/mol. The minimum absolute atomic E-state index is 0.104. The summed E-state index contributed by atoms with van der Waals surface area (Å²) in [6, 6.07) is 3.85. The Balaban J connectivity index is 3.00. The molecule has 0 aliphatic carbocycles. The molecule has 92 valence electrons. The highest BCUT2D eigenvalue weighted by Crippen LogP contribution is 2.23. The van der Waals surface area contributed by atoms with Gasteiger partial charge < -0.3 is 4.90 Å². The molecule has 1 amide bonds. The monoisotopic (exact) mass is 256 g/mol. The molecule has 0 bridgehead atoms. The smallest absolute Gasteiger partial charge is 0.270 e.